The first kappa shape index (κ1) is 27.3. The average Bonchev–Trinajstić information content (AvgIpc) is 2.82. The van der Waals surface area contributed by atoms with Crippen LogP contribution in [0, 0.1) is 0 Å². The summed E-state index contributed by atoms with van der Waals surface area (Å²) in [7, 11) is 0. The Morgan fingerprint density at radius 2 is 1.00 bits per heavy atom. The number of alkyl halides is 3. The van der Waals surface area contributed by atoms with Crippen LogP contribution in [0.1, 0.15) is 5.56 Å². The van der Waals surface area contributed by atoms with Gasteiger partial charge in [-0.3, -0.25) is 0 Å². The van der Waals surface area contributed by atoms with Gasteiger partial charge in [-0.15, -0.1) is 0 Å². The topological polar surface area (TPSA) is 105 Å². The summed E-state index contributed by atoms with van der Waals surface area (Å²) in [6, 6.07) is 4.57. The van der Waals surface area contributed by atoms with Gasteiger partial charge in [0.15, 0.2) is 0 Å². The Hall–Kier alpha value is -4.93. The molecule has 0 saturated heterocycles. The molecule has 186 valence electrons. The van der Waals surface area contributed by atoms with Gasteiger partial charge in [0.1, 0.15) is 28.6 Å². The first-order valence-electron chi connectivity index (χ1n) is 9.69. The van der Waals surface area contributed by atoms with Crippen LogP contribution in [0.3, 0.4) is 0 Å². The molecular weight excluding hydrogens is 485 g/mol. The van der Waals surface area contributed by atoms with Crippen molar-refractivity contribution < 1.29 is 51.3 Å². The average molecular weight is 502 g/mol. The Bertz CT molecular complexity index is 1230. The molecule has 0 atom stereocenters. The lowest BCUT2D eigenvalue weighted by Gasteiger charge is -2.19. The maximum Gasteiger partial charge on any atom is 0.420 e. The molecule has 0 aliphatic rings. The molecule has 8 nitrogen and oxygen atoms in total. The quantitative estimate of drug-likeness (QED) is 0.275. The summed E-state index contributed by atoms with van der Waals surface area (Å²) >= 11 is 0. The molecule has 0 saturated carbocycles. The van der Waals surface area contributed by atoms with Crippen molar-refractivity contribution in [1.82, 2.24) is 0 Å². The first-order chi connectivity index (χ1) is 16.9. The van der Waals surface area contributed by atoms with Crippen molar-refractivity contribution in [2.75, 3.05) is 0 Å². The molecule has 0 amide bonds. The summed E-state index contributed by atoms with van der Waals surface area (Å²) in [6.07, 6.45) is -2.13. The fourth-order valence-corrected chi connectivity index (χ4v) is 2.72. The number of benzene rings is 2. The van der Waals surface area contributed by atoms with E-state index in [-0.39, 0.29) is 17.1 Å². The molecule has 11 heteroatoms. The fourth-order valence-electron chi connectivity index (χ4n) is 2.72. The van der Waals surface area contributed by atoms with Crippen LogP contribution in [0.25, 0.3) is 11.1 Å². The van der Waals surface area contributed by atoms with Gasteiger partial charge in [0.2, 0.25) is 0 Å². The van der Waals surface area contributed by atoms with Crippen LogP contribution in [0.5, 0.6) is 23.0 Å². The summed E-state index contributed by atoms with van der Waals surface area (Å²) in [5, 5.41) is 0. The van der Waals surface area contributed by atoms with Gasteiger partial charge in [0.25, 0.3) is 0 Å². The predicted octanol–water partition coefficient (Wildman–Crippen LogP) is 4.74. The highest BCUT2D eigenvalue weighted by atomic mass is 19.4. The van der Waals surface area contributed by atoms with E-state index in [4.69, 9.17) is 18.9 Å². The van der Waals surface area contributed by atoms with E-state index in [2.05, 4.69) is 26.3 Å². The molecule has 0 aliphatic carbocycles. The third-order valence-electron chi connectivity index (χ3n) is 4.08. The van der Waals surface area contributed by atoms with E-state index in [0.29, 0.717) is 12.1 Å². The van der Waals surface area contributed by atoms with Gasteiger partial charge in [0.05, 0.1) is 0 Å². The molecule has 0 fully saturated rings. The molecule has 0 aliphatic heterocycles. The van der Waals surface area contributed by atoms with Crippen molar-refractivity contribution >= 4 is 23.9 Å². The number of rotatable bonds is 9. The van der Waals surface area contributed by atoms with E-state index < -0.39 is 52.7 Å². The van der Waals surface area contributed by atoms with Gasteiger partial charge in [-0.25, -0.2) is 19.2 Å². The Morgan fingerprint density at radius 1 is 0.611 bits per heavy atom. The van der Waals surface area contributed by atoms with Crippen LogP contribution in [-0.4, -0.2) is 23.9 Å². The van der Waals surface area contributed by atoms with Crippen LogP contribution >= 0.6 is 0 Å². The number of hydrogen-bond acceptors (Lipinski definition) is 8. The van der Waals surface area contributed by atoms with Gasteiger partial charge in [-0.1, -0.05) is 26.3 Å². The third kappa shape index (κ3) is 7.03. The molecule has 2 aromatic carbocycles. The molecular formula is C25H17F3O8. The van der Waals surface area contributed by atoms with Crippen LogP contribution in [0.15, 0.2) is 81.0 Å². The van der Waals surface area contributed by atoms with Gasteiger partial charge in [-0.05, 0) is 23.8 Å². The van der Waals surface area contributed by atoms with E-state index in [0.717, 1.165) is 42.5 Å². The standard InChI is InChI=1S/C25H17F3O8/c1-5-20(29)33-15-9-14(10-16(11-15)34-21(30)6-2)18-12-17(35-22(31)7-3)13-19(36-23(32)8-4)24(18)25(26,27)28/h5-13H,1-4H2. The van der Waals surface area contributed by atoms with Crippen LogP contribution in [0.2, 0.25) is 0 Å². The van der Waals surface area contributed by atoms with Crippen molar-refractivity contribution in [3.63, 3.8) is 0 Å². The van der Waals surface area contributed by atoms with E-state index in [1.165, 1.54) is 0 Å². The van der Waals surface area contributed by atoms with E-state index in [1.54, 1.807) is 0 Å². The molecule has 0 N–H and O–H groups in total. The lowest BCUT2D eigenvalue weighted by Crippen LogP contribution is -2.14. The molecule has 0 radical (unpaired) electrons. The maximum atomic E-state index is 14.2. The second kappa shape index (κ2) is 11.5. The monoisotopic (exact) mass is 502 g/mol. The largest absolute Gasteiger partial charge is 0.423 e. The molecule has 2 aromatic rings. The summed E-state index contributed by atoms with van der Waals surface area (Å²) in [5.74, 6) is -6.28. The van der Waals surface area contributed by atoms with Gasteiger partial charge < -0.3 is 18.9 Å². The van der Waals surface area contributed by atoms with E-state index in [1.807, 2.05) is 0 Å². The highest BCUT2D eigenvalue weighted by Gasteiger charge is 2.39. The summed E-state index contributed by atoms with van der Waals surface area (Å²) in [5.41, 5.74) is -2.46. The minimum atomic E-state index is -5.11. The van der Waals surface area contributed by atoms with E-state index in [9.17, 15) is 32.3 Å². The van der Waals surface area contributed by atoms with Crippen molar-refractivity contribution in [3.05, 3.63) is 86.5 Å². The second-order valence-electron chi connectivity index (χ2n) is 6.54. The zero-order valence-corrected chi connectivity index (χ0v) is 18.4. The summed E-state index contributed by atoms with van der Waals surface area (Å²) < 4.78 is 62.3. The number of carbonyl (C=O) groups excluding carboxylic acids is 4. The molecule has 0 heterocycles. The fraction of sp³-hybridized carbons (Fsp3) is 0.0400. The van der Waals surface area contributed by atoms with Crippen molar-refractivity contribution in [1.29, 1.82) is 0 Å². The smallest absolute Gasteiger partial charge is 0.420 e. The van der Waals surface area contributed by atoms with Crippen molar-refractivity contribution in [3.8, 4) is 34.1 Å². The number of ether oxygens (including phenoxy) is 4. The normalized spacial score (nSPS) is 10.4. The zero-order valence-electron chi connectivity index (χ0n) is 18.4. The third-order valence-corrected chi connectivity index (χ3v) is 4.08. The minimum Gasteiger partial charge on any atom is -0.423 e. The molecule has 0 aromatic heterocycles. The molecule has 2 rings (SSSR count). The van der Waals surface area contributed by atoms with Crippen LogP contribution < -0.4 is 18.9 Å². The van der Waals surface area contributed by atoms with Crippen LogP contribution in [-0.2, 0) is 25.4 Å². The lowest BCUT2D eigenvalue weighted by molar-refractivity contribution is -0.140. The van der Waals surface area contributed by atoms with Crippen LogP contribution in [0.4, 0.5) is 13.2 Å². The number of esters is 4. The molecule has 36 heavy (non-hydrogen) atoms. The Kier molecular flexibility index (Phi) is 8.70. The van der Waals surface area contributed by atoms with Gasteiger partial charge in [0, 0.05) is 42.0 Å². The number of halogens is 3. The Balaban J connectivity index is 2.91. The number of hydrogen-bond donors (Lipinski definition) is 0. The van der Waals surface area contributed by atoms with Gasteiger partial charge >= 0.3 is 30.1 Å². The minimum absolute atomic E-state index is 0.323. The first-order valence-corrected chi connectivity index (χ1v) is 9.69. The maximum absolute atomic E-state index is 14.2. The summed E-state index contributed by atoms with van der Waals surface area (Å²) in [6.45, 7) is 12.8. The zero-order chi connectivity index (χ0) is 27.0. The summed E-state index contributed by atoms with van der Waals surface area (Å²) in [4.78, 5) is 46.8. The Morgan fingerprint density at radius 3 is 1.39 bits per heavy atom. The van der Waals surface area contributed by atoms with E-state index >= 15 is 0 Å². The highest BCUT2D eigenvalue weighted by molar-refractivity contribution is 5.88. The molecule has 0 unspecified atom stereocenters. The lowest BCUT2D eigenvalue weighted by atomic mass is 9.97. The number of carbonyl (C=O) groups is 4. The van der Waals surface area contributed by atoms with Crippen molar-refractivity contribution in [2.45, 2.75) is 6.18 Å². The second-order valence-corrected chi connectivity index (χ2v) is 6.54. The highest BCUT2D eigenvalue weighted by Crippen LogP contribution is 2.46. The van der Waals surface area contributed by atoms with Crippen molar-refractivity contribution in [2.24, 2.45) is 0 Å². The predicted molar refractivity (Wildman–Crippen MR) is 120 cm³/mol. The van der Waals surface area contributed by atoms with Gasteiger partial charge in [-0.2, -0.15) is 13.2 Å². The molecule has 0 bridgehead atoms. The SMILES string of the molecule is C=CC(=O)Oc1cc(OC(=O)C=C)cc(-c2cc(OC(=O)C=C)cc(OC(=O)C=C)c2C(F)(F)F)c1. The molecule has 0 spiro atoms. The Labute approximate surface area is 202 Å².